The predicted octanol–water partition coefficient (Wildman–Crippen LogP) is 2.20. The summed E-state index contributed by atoms with van der Waals surface area (Å²) >= 11 is 0. The van der Waals surface area contributed by atoms with Crippen LogP contribution in [-0.4, -0.2) is 36.6 Å². The Morgan fingerprint density at radius 2 is 1.95 bits per heavy atom. The summed E-state index contributed by atoms with van der Waals surface area (Å²) in [6.45, 7) is 2.67. The van der Waals surface area contributed by atoms with Crippen LogP contribution in [0.1, 0.15) is 18.5 Å². The van der Waals surface area contributed by atoms with Gasteiger partial charge in [-0.15, -0.1) is 0 Å². The third kappa shape index (κ3) is 3.28. The smallest absolute Gasteiger partial charge is 0.128 e. The van der Waals surface area contributed by atoms with E-state index in [-0.39, 0.29) is 6.04 Å². The molecule has 4 heteroatoms. The first-order valence-electron chi connectivity index (χ1n) is 6.74. The number of ether oxygens (including phenoxy) is 1. The van der Waals surface area contributed by atoms with Crippen LogP contribution in [0.5, 0.6) is 5.75 Å². The summed E-state index contributed by atoms with van der Waals surface area (Å²) in [5, 5.41) is 25.1. The van der Waals surface area contributed by atoms with Crippen molar-refractivity contribution in [2.75, 3.05) is 20.3 Å². The van der Waals surface area contributed by atoms with E-state index >= 15 is 0 Å². The Balaban J connectivity index is 2.14. The monoisotopic (exact) mass is 275 g/mol. The highest BCUT2D eigenvalue weighted by Gasteiger charge is 2.13. The van der Waals surface area contributed by atoms with Gasteiger partial charge in [0.1, 0.15) is 5.75 Å². The molecule has 2 rings (SSSR count). The summed E-state index contributed by atoms with van der Waals surface area (Å²) in [6.07, 6.45) is -0.551. The van der Waals surface area contributed by atoms with Crippen LogP contribution in [0.3, 0.4) is 0 Å². The van der Waals surface area contributed by atoms with E-state index in [1.54, 1.807) is 7.11 Å². The number of fused-ring (bicyclic) bond motifs is 1. The number of aliphatic hydroxyl groups excluding tert-OH is 1. The summed E-state index contributed by atoms with van der Waals surface area (Å²) in [5.41, 5.74) is 0.827. The molecule has 0 saturated heterocycles. The van der Waals surface area contributed by atoms with Gasteiger partial charge in [0.25, 0.3) is 0 Å². The van der Waals surface area contributed by atoms with Crippen LogP contribution in [0.15, 0.2) is 36.4 Å². The minimum atomic E-state index is -0.551. The quantitative estimate of drug-likeness (QED) is 0.756. The maximum Gasteiger partial charge on any atom is 0.128 e. The number of phenols is 1. The molecule has 0 aliphatic rings. The molecule has 20 heavy (non-hydrogen) atoms. The van der Waals surface area contributed by atoms with Crippen LogP contribution in [0.2, 0.25) is 0 Å². The molecule has 3 N–H and O–H groups in total. The van der Waals surface area contributed by atoms with Gasteiger partial charge in [0.15, 0.2) is 0 Å². The topological polar surface area (TPSA) is 61.7 Å². The molecule has 0 bridgehead atoms. The Hall–Kier alpha value is -1.62. The lowest BCUT2D eigenvalue weighted by Gasteiger charge is -2.19. The molecule has 0 fully saturated rings. The lowest BCUT2D eigenvalue weighted by Crippen LogP contribution is -2.31. The summed E-state index contributed by atoms with van der Waals surface area (Å²) in [6, 6.07) is 11.6. The van der Waals surface area contributed by atoms with Gasteiger partial charge < -0.3 is 20.3 Å². The van der Waals surface area contributed by atoms with Crippen molar-refractivity contribution in [3.8, 4) is 5.75 Å². The summed E-state index contributed by atoms with van der Waals surface area (Å²) in [5.74, 6) is 0.296. The Bertz CT molecular complexity index is 571. The number of hydrogen-bond donors (Lipinski definition) is 3. The molecule has 2 aromatic carbocycles. The lowest BCUT2D eigenvalue weighted by molar-refractivity contribution is 0.0630. The molecule has 0 radical (unpaired) electrons. The maximum atomic E-state index is 10.4. The zero-order valence-electron chi connectivity index (χ0n) is 11.8. The largest absolute Gasteiger partial charge is 0.507 e. The molecule has 108 valence electrons. The number of aromatic hydroxyl groups is 1. The number of methoxy groups -OCH3 is 1. The van der Waals surface area contributed by atoms with Gasteiger partial charge >= 0.3 is 0 Å². The number of rotatable bonds is 6. The minimum absolute atomic E-state index is 0.0499. The van der Waals surface area contributed by atoms with Gasteiger partial charge in [0.05, 0.1) is 12.7 Å². The second-order valence-electron chi connectivity index (χ2n) is 4.96. The van der Waals surface area contributed by atoms with Crippen molar-refractivity contribution in [1.82, 2.24) is 5.32 Å². The molecular formula is C16H21NO3. The molecule has 2 aromatic rings. The van der Waals surface area contributed by atoms with Gasteiger partial charge in [0.2, 0.25) is 0 Å². The van der Waals surface area contributed by atoms with Crippen molar-refractivity contribution < 1.29 is 14.9 Å². The van der Waals surface area contributed by atoms with Gasteiger partial charge in [-0.3, -0.25) is 0 Å². The van der Waals surface area contributed by atoms with Crippen LogP contribution >= 0.6 is 0 Å². The van der Waals surface area contributed by atoms with Crippen molar-refractivity contribution in [2.45, 2.75) is 19.1 Å². The zero-order valence-corrected chi connectivity index (χ0v) is 11.8. The molecule has 0 aromatic heterocycles. The predicted molar refractivity (Wildman–Crippen MR) is 79.9 cm³/mol. The lowest BCUT2D eigenvalue weighted by atomic mass is 10.0. The fraction of sp³-hybridized carbons (Fsp3) is 0.375. The second-order valence-corrected chi connectivity index (χ2v) is 4.96. The van der Waals surface area contributed by atoms with Gasteiger partial charge in [0, 0.05) is 30.6 Å². The van der Waals surface area contributed by atoms with Crippen LogP contribution in [0.4, 0.5) is 0 Å². The fourth-order valence-corrected chi connectivity index (χ4v) is 2.30. The van der Waals surface area contributed by atoms with E-state index in [4.69, 9.17) is 4.74 Å². The standard InChI is InChI=1S/C16H21NO3/c1-11(17-9-13(18)10-20-2)14-8-7-12-5-3-4-6-15(12)16(14)19/h3-8,11,13,17-19H,9-10H2,1-2H3. The number of nitrogens with one attached hydrogen (secondary N) is 1. The Morgan fingerprint density at radius 1 is 1.20 bits per heavy atom. The first kappa shape index (κ1) is 14.8. The van der Waals surface area contributed by atoms with Gasteiger partial charge in [-0.05, 0) is 12.3 Å². The second kappa shape index (κ2) is 6.70. The van der Waals surface area contributed by atoms with E-state index in [0.29, 0.717) is 18.9 Å². The number of phenolic OH excluding ortho intramolecular Hbond substituents is 1. The molecule has 4 nitrogen and oxygen atoms in total. The Labute approximate surface area is 119 Å². The summed E-state index contributed by atoms with van der Waals surface area (Å²) in [4.78, 5) is 0. The van der Waals surface area contributed by atoms with Gasteiger partial charge in [-0.1, -0.05) is 36.4 Å². The highest BCUT2D eigenvalue weighted by Crippen LogP contribution is 2.32. The molecular weight excluding hydrogens is 254 g/mol. The number of hydrogen-bond acceptors (Lipinski definition) is 4. The SMILES string of the molecule is COCC(O)CNC(C)c1ccc2ccccc2c1O. The highest BCUT2D eigenvalue weighted by molar-refractivity contribution is 5.89. The molecule has 0 aliphatic carbocycles. The van der Waals surface area contributed by atoms with Crippen LogP contribution in [0, 0.1) is 0 Å². The van der Waals surface area contributed by atoms with E-state index in [1.165, 1.54) is 0 Å². The van der Waals surface area contributed by atoms with E-state index in [2.05, 4.69) is 5.32 Å². The van der Waals surface area contributed by atoms with E-state index in [0.717, 1.165) is 16.3 Å². The third-order valence-corrected chi connectivity index (χ3v) is 3.42. The van der Waals surface area contributed by atoms with Crippen LogP contribution in [0.25, 0.3) is 10.8 Å². The average Bonchev–Trinajstić information content (AvgIpc) is 2.46. The maximum absolute atomic E-state index is 10.4. The fourth-order valence-electron chi connectivity index (χ4n) is 2.30. The zero-order chi connectivity index (χ0) is 14.5. The van der Waals surface area contributed by atoms with Crippen molar-refractivity contribution in [3.05, 3.63) is 42.0 Å². The summed E-state index contributed by atoms with van der Waals surface area (Å²) < 4.78 is 4.88. The van der Waals surface area contributed by atoms with E-state index in [9.17, 15) is 10.2 Å². The molecule has 0 amide bonds. The van der Waals surface area contributed by atoms with Crippen molar-refractivity contribution in [1.29, 1.82) is 0 Å². The molecule has 0 spiro atoms. The van der Waals surface area contributed by atoms with E-state index in [1.807, 2.05) is 43.3 Å². The first-order chi connectivity index (χ1) is 9.63. The van der Waals surface area contributed by atoms with Crippen molar-refractivity contribution in [3.63, 3.8) is 0 Å². The van der Waals surface area contributed by atoms with Crippen LogP contribution < -0.4 is 5.32 Å². The average molecular weight is 275 g/mol. The van der Waals surface area contributed by atoms with Crippen molar-refractivity contribution in [2.24, 2.45) is 0 Å². The van der Waals surface area contributed by atoms with Gasteiger partial charge in [-0.2, -0.15) is 0 Å². The van der Waals surface area contributed by atoms with E-state index < -0.39 is 6.10 Å². The highest BCUT2D eigenvalue weighted by atomic mass is 16.5. The molecule has 2 atom stereocenters. The molecule has 2 unspecified atom stereocenters. The van der Waals surface area contributed by atoms with Gasteiger partial charge in [-0.25, -0.2) is 0 Å². The summed E-state index contributed by atoms with van der Waals surface area (Å²) in [7, 11) is 1.56. The first-order valence-corrected chi connectivity index (χ1v) is 6.74. The minimum Gasteiger partial charge on any atom is -0.507 e. The molecule has 0 aliphatic heterocycles. The van der Waals surface area contributed by atoms with Crippen LogP contribution in [-0.2, 0) is 4.74 Å². The molecule has 0 heterocycles. The molecule has 0 saturated carbocycles. The number of benzene rings is 2. The Kier molecular flexibility index (Phi) is 4.95. The normalized spacial score (nSPS) is 14.3. The third-order valence-electron chi connectivity index (χ3n) is 3.42. The Morgan fingerprint density at radius 3 is 2.70 bits per heavy atom. The number of aliphatic hydroxyl groups is 1. The van der Waals surface area contributed by atoms with Crippen molar-refractivity contribution >= 4 is 10.8 Å².